The summed E-state index contributed by atoms with van der Waals surface area (Å²) in [6.45, 7) is 0. The van der Waals surface area contributed by atoms with Gasteiger partial charge in [0.05, 0.1) is 6.20 Å². The van der Waals surface area contributed by atoms with E-state index in [1.165, 1.54) is 6.26 Å². The van der Waals surface area contributed by atoms with Gasteiger partial charge in [0, 0.05) is 6.20 Å². The van der Waals surface area contributed by atoms with Gasteiger partial charge in [0.1, 0.15) is 12.1 Å². The van der Waals surface area contributed by atoms with Gasteiger partial charge in [-0.05, 0) is 17.7 Å². The third kappa shape index (κ3) is 1.46. The number of hydrazine groups is 2. The lowest BCUT2D eigenvalue weighted by atomic mass is 10.5. The van der Waals surface area contributed by atoms with Crippen LogP contribution in [0.3, 0.4) is 0 Å². The Hall–Kier alpha value is -1.75. The summed E-state index contributed by atoms with van der Waals surface area (Å²) >= 11 is 0. The van der Waals surface area contributed by atoms with Crippen molar-refractivity contribution >= 4 is 5.82 Å². The van der Waals surface area contributed by atoms with Crippen LogP contribution in [0.15, 0.2) is 36.9 Å². The molecule has 1 aliphatic rings. The molecule has 0 saturated carbocycles. The summed E-state index contributed by atoms with van der Waals surface area (Å²) in [5, 5.41) is 1.56. The van der Waals surface area contributed by atoms with Crippen molar-refractivity contribution in [2.45, 2.75) is 0 Å². The van der Waals surface area contributed by atoms with Crippen molar-refractivity contribution in [2.75, 3.05) is 5.43 Å². The Morgan fingerprint density at radius 1 is 1.50 bits per heavy atom. The topological polar surface area (TPSA) is 49.4 Å². The monoisotopic (exact) mass is 164 g/mol. The van der Waals surface area contributed by atoms with Crippen LogP contribution in [0.4, 0.5) is 5.82 Å². The van der Waals surface area contributed by atoms with Crippen LogP contribution < -0.4 is 11.0 Å². The van der Waals surface area contributed by atoms with Crippen LogP contribution >= 0.6 is 0 Å². The number of nitrogens with zero attached hydrogens (tertiary/aromatic N) is 2. The van der Waals surface area contributed by atoms with Crippen LogP contribution in [0.1, 0.15) is 0 Å². The van der Waals surface area contributed by atoms with Crippen molar-refractivity contribution in [3.05, 3.63) is 36.9 Å². The number of pyridine rings is 1. The zero-order valence-corrected chi connectivity index (χ0v) is 6.27. The molecular formula is C7H8N4O. The van der Waals surface area contributed by atoms with Crippen LogP contribution in [0.5, 0.6) is 0 Å². The molecule has 0 aromatic carbocycles. The fraction of sp³-hybridized carbons (Fsp3) is 0. The quantitative estimate of drug-likeness (QED) is 0.671. The summed E-state index contributed by atoms with van der Waals surface area (Å²) in [5.74, 6) is 0.750. The summed E-state index contributed by atoms with van der Waals surface area (Å²) in [5.41, 5.74) is 5.52. The second kappa shape index (κ2) is 3.10. The first-order valence-electron chi connectivity index (χ1n) is 3.50. The van der Waals surface area contributed by atoms with Gasteiger partial charge in [-0.25, -0.2) is 4.98 Å². The molecule has 0 radical (unpaired) electrons. The number of rotatable bonds is 2. The Morgan fingerprint density at radius 3 is 3.17 bits per heavy atom. The van der Waals surface area contributed by atoms with Crippen molar-refractivity contribution in [3.8, 4) is 0 Å². The van der Waals surface area contributed by atoms with Gasteiger partial charge in [-0.2, -0.15) is 5.12 Å². The highest BCUT2D eigenvalue weighted by atomic mass is 16.7. The molecule has 5 heteroatoms. The fourth-order valence-corrected chi connectivity index (χ4v) is 0.821. The standard InChI is InChI=1S/C7H8N4O/c1-2-4-8-7(3-1)9-11-5-6-12-10-11/h1-6,10H,(H,8,9). The first kappa shape index (κ1) is 6.93. The second-order valence-electron chi connectivity index (χ2n) is 2.19. The van der Waals surface area contributed by atoms with Crippen LogP contribution in [-0.2, 0) is 4.84 Å². The Bertz CT molecular complexity index is 274. The molecule has 0 spiro atoms. The smallest absolute Gasteiger partial charge is 0.145 e. The number of hydrogen-bond acceptors (Lipinski definition) is 5. The summed E-state index contributed by atoms with van der Waals surface area (Å²) in [6.07, 6.45) is 4.94. The SMILES string of the molecule is C1=CN(Nc2ccccn2)NO1. The lowest BCUT2D eigenvalue weighted by Gasteiger charge is -2.14. The summed E-state index contributed by atoms with van der Waals surface area (Å²) in [4.78, 5) is 8.79. The molecular weight excluding hydrogens is 156 g/mol. The zero-order valence-electron chi connectivity index (χ0n) is 6.27. The van der Waals surface area contributed by atoms with E-state index in [9.17, 15) is 0 Å². The zero-order chi connectivity index (χ0) is 8.23. The largest absolute Gasteiger partial charge is 0.394 e. The van der Waals surface area contributed by atoms with E-state index in [1.807, 2.05) is 18.2 Å². The van der Waals surface area contributed by atoms with E-state index in [4.69, 9.17) is 4.84 Å². The van der Waals surface area contributed by atoms with E-state index in [2.05, 4.69) is 16.0 Å². The van der Waals surface area contributed by atoms with Crippen molar-refractivity contribution in [1.29, 1.82) is 0 Å². The van der Waals surface area contributed by atoms with E-state index < -0.39 is 0 Å². The Balaban J connectivity index is 1.99. The lowest BCUT2D eigenvalue weighted by Crippen LogP contribution is -2.33. The molecule has 0 atom stereocenters. The molecule has 2 rings (SSSR count). The minimum Gasteiger partial charge on any atom is -0.394 e. The summed E-state index contributed by atoms with van der Waals surface area (Å²) in [7, 11) is 0. The van der Waals surface area contributed by atoms with E-state index in [0.717, 1.165) is 5.82 Å². The molecule has 5 nitrogen and oxygen atoms in total. The molecule has 2 N–H and O–H groups in total. The molecule has 0 bridgehead atoms. The third-order valence-electron chi connectivity index (χ3n) is 1.33. The molecule has 1 aromatic rings. The van der Waals surface area contributed by atoms with Gasteiger partial charge in [0.25, 0.3) is 0 Å². The average Bonchev–Trinajstić information content (AvgIpc) is 2.59. The Morgan fingerprint density at radius 2 is 2.50 bits per heavy atom. The average molecular weight is 164 g/mol. The number of aromatic nitrogens is 1. The van der Waals surface area contributed by atoms with Crippen molar-refractivity contribution < 1.29 is 4.84 Å². The maximum absolute atomic E-state index is 4.73. The van der Waals surface area contributed by atoms with Crippen molar-refractivity contribution in [2.24, 2.45) is 0 Å². The van der Waals surface area contributed by atoms with E-state index in [0.29, 0.717) is 0 Å². The second-order valence-corrected chi connectivity index (χ2v) is 2.19. The van der Waals surface area contributed by atoms with Crippen LogP contribution in [0.2, 0.25) is 0 Å². The molecule has 0 amide bonds. The number of hydrogen-bond donors (Lipinski definition) is 2. The molecule has 2 heterocycles. The van der Waals surface area contributed by atoms with E-state index in [-0.39, 0.29) is 0 Å². The first-order valence-corrected chi connectivity index (χ1v) is 3.50. The van der Waals surface area contributed by atoms with Gasteiger partial charge in [0.2, 0.25) is 0 Å². The molecule has 0 aliphatic carbocycles. The van der Waals surface area contributed by atoms with Crippen molar-refractivity contribution in [3.63, 3.8) is 0 Å². The Labute approximate surface area is 69.6 Å². The van der Waals surface area contributed by atoms with Gasteiger partial charge >= 0.3 is 0 Å². The molecule has 1 aliphatic heterocycles. The fourth-order valence-electron chi connectivity index (χ4n) is 0.821. The number of anilines is 1. The van der Waals surface area contributed by atoms with Gasteiger partial charge in [-0.15, -0.1) is 0 Å². The normalized spacial score (nSPS) is 14.5. The van der Waals surface area contributed by atoms with Crippen molar-refractivity contribution in [1.82, 2.24) is 15.7 Å². The predicted octanol–water partition coefficient (Wildman–Crippen LogP) is 0.631. The highest BCUT2D eigenvalue weighted by Gasteiger charge is 2.02. The maximum Gasteiger partial charge on any atom is 0.145 e. The minimum atomic E-state index is 0.750. The van der Waals surface area contributed by atoms with Crippen LogP contribution in [-0.4, -0.2) is 10.1 Å². The number of nitrogens with one attached hydrogen (secondary N) is 2. The Kier molecular flexibility index (Phi) is 1.79. The maximum atomic E-state index is 4.73. The van der Waals surface area contributed by atoms with Gasteiger partial charge in [0.15, 0.2) is 0 Å². The predicted molar refractivity (Wildman–Crippen MR) is 43.1 cm³/mol. The molecule has 12 heavy (non-hydrogen) atoms. The van der Waals surface area contributed by atoms with Crippen LogP contribution in [0, 0.1) is 0 Å². The minimum absolute atomic E-state index is 0.750. The molecule has 0 unspecified atom stereocenters. The third-order valence-corrected chi connectivity index (χ3v) is 1.33. The molecule has 1 aromatic heterocycles. The molecule has 0 saturated heterocycles. The van der Waals surface area contributed by atoms with E-state index >= 15 is 0 Å². The molecule has 0 fully saturated rings. The lowest BCUT2D eigenvalue weighted by molar-refractivity contribution is 0.0511. The van der Waals surface area contributed by atoms with Crippen LogP contribution in [0.25, 0.3) is 0 Å². The van der Waals surface area contributed by atoms with E-state index in [1.54, 1.807) is 17.5 Å². The first-order chi connectivity index (χ1) is 5.95. The highest BCUT2D eigenvalue weighted by Crippen LogP contribution is 2.02. The van der Waals surface area contributed by atoms with Gasteiger partial charge in [-0.3, -0.25) is 5.43 Å². The van der Waals surface area contributed by atoms with Gasteiger partial charge < -0.3 is 4.84 Å². The summed E-state index contributed by atoms with van der Waals surface area (Å²) < 4.78 is 0. The highest BCUT2D eigenvalue weighted by molar-refractivity contribution is 5.31. The summed E-state index contributed by atoms with van der Waals surface area (Å²) in [6, 6.07) is 5.61. The molecule has 62 valence electrons. The van der Waals surface area contributed by atoms with Gasteiger partial charge in [-0.1, -0.05) is 6.07 Å².